The van der Waals surface area contributed by atoms with Gasteiger partial charge < -0.3 is 9.84 Å². The lowest BCUT2D eigenvalue weighted by atomic mass is 10.1. The molecule has 0 unspecified atom stereocenters. The van der Waals surface area contributed by atoms with Gasteiger partial charge in [-0.2, -0.15) is 0 Å². The monoisotopic (exact) mass is 263 g/mol. The van der Waals surface area contributed by atoms with Crippen molar-refractivity contribution < 1.29 is 9.84 Å². The third-order valence-electron chi connectivity index (χ3n) is 3.62. The molecule has 0 aliphatic carbocycles. The van der Waals surface area contributed by atoms with Gasteiger partial charge in [0.25, 0.3) is 0 Å². The molecule has 2 rings (SSSR count). The molecule has 1 fully saturated rings. The van der Waals surface area contributed by atoms with Gasteiger partial charge in [-0.1, -0.05) is 25.8 Å². The molecule has 0 bridgehead atoms. The summed E-state index contributed by atoms with van der Waals surface area (Å²) in [6, 6.07) is 5.69. The van der Waals surface area contributed by atoms with Crippen molar-refractivity contribution in [1.29, 1.82) is 0 Å². The van der Waals surface area contributed by atoms with Crippen LogP contribution in [0.4, 0.5) is 0 Å². The van der Waals surface area contributed by atoms with Crippen LogP contribution in [-0.2, 0) is 6.54 Å². The number of phenols is 1. The zero-order valence-electron chi connectivity index (χ0n) is 11.9. The van der Waals surface area contributed by atoms with E-state index < -0.39 is 0 Å². The average Bonchev–Trinajstić information content (AvgIpc) is 2.68. The van der Waals surface area contributed by atoms with Gasteiger partial charge in [-0.05, 0) is 38.4 Å². The molecule has 19 heavy (non-hydrogen) atoms. The topological polar surface area (TPSA) is 32.7 Å². The van der Waals surface area contributed by atoms with Crippen LogP contribution in [0.1, 0.15) is 44.6 Å². The molecule has 1 heterocycles. The highest BCUT2D eigenvalue weighted by atomic mass is 16.5. The summed E-state index contributed by atoms with van der Waals surface area (Å²) >= 11 is 0. The van der Waals surface area contributed by atoms with Crippen LogP contribution in [0.15, 0.2) is 18.2 Å². The molecule has 1 aromatic rings. The zero-order chi connectivity index (χ0) is 13.5. The molecule has 1 N–H and O–H groups in total. The van der Waals surface area contributed by atoms with Gasteiger partial charge in [0.2, 0.25) is 0 Å². The lowest BCUT2D eigenvalue weighted by Crippen LogP contribution is -2.23. The first-order valence-electron chi connectivity index (χ1n) is 7.46. The number of hydrogen-bond donors (Lipinski definition) is 1. The second-order valence-corrected chi connectivity index (χ2v) is 5.33. The Bertz CT molecular complexity index is 384. The Labute approximate surface area is 116 Å². The Morgan fingerprint density at radius 1 is 1.16 bits per heavy atom. The van der Waals surface area contributed by atoms with Gasteiger partial charge in [0.1, 0.15) is 11.5 Å². The van der Waals surface area contributed by atoms with Gasteiger partial charge in [0, 0.05) is 18.2 Å². The number of ether oxygens (including phenoxy) is 1. The quantitative estimate of drug-likeness (QED) is 0.881. The van der Waals surface area contributed by atoms with E-state index in [2.05, 4.69) is 11.8 Å². The summed E-state index contributed by atoms with van der Waals surface area (Å²) in [5.74, 6) is 1.12. The lowest BCUT2D eigenvalue weighted by molar-refractivity contribution is 0.272. The zero-order valence-corrected chi connectivity index (χ0v) is 11.9. The van der Waals surface area contributed by atoms with Crippen molar-refractivity contribution in [2.45, 2.75) is 45.6 Å². The van der Waals surface area contributed by atoms with E-state index in [0.717, 1.165) is 37.4 Å². The minimum Gasteiger partial charge on any atom is -0.507 e. The van der Waals surface area contributed by atoms with Crippen molar-refractivity contribution in [2.24, 2.45) is 0 Å². The van der Waals surface area contributed by atoms with Crippen LogP contribution in [-0.4, -0.2) is 29.7 Å². The van der Waals surface area contributed by atoms with Crippen LogP contribution in [0, 0.1) is 0 Å². The SMILES string of the molecule is CCCOc1ccc(CN2CCCCCC2)c(O)c1. The normalized spacial score (nSPS) is 17.1. The summed E-state index contributed by atoms with van der Waals surface area (Å²) in [4.78, 5) is 2.44. The minimum atomic E-state index is 0.359. The van der Waals surface area contributed by atoms with E-state index in [1.807, 2.05) is 12.1 Å². The van der Waals surface area contributed by atoms with Gasteiger partial charge >= 0.3 is 0 Å². The van der Waals surface area contributed by atoms with Crippen LogP contribution in [0.5, 0.6) is 11.5 Å². The van der Waals surface area contributed by atoms with E-state index in [0.29, 0.717) is 12.4 Å². The third-order valence-corrected chi connectivity index (χ3v) is 3.62. The fourth-order valence-electron chi connectivity index (χ4n) is 2.52. The second-order valence-electron chi connectivity index (χ2n) is 5.33. The molecule has 0 saturated carbocycles. The van der Waals surface area contributed by atoms with E-state index >= 15 is 0 Å². The summed E-state index contributed by atoms with van der Waals surface area (Å²) in [5, 5.41) is 10.1. The van der Waals surface area contributed by atoms with E-state index in [1.54, 1.807) is 6.07 Å². The highest BCUT2D eigenvalue weighted by Crippen LogP contribution is 2.25. The molecule has 1 aromatic carbocycles. The number of aromatic hydroxyl groups is 1. The largest absolute Gasteiger partial charge is 0.507 e. The number of phenolic OH excluding ortho intramolecular Hbond substituents is 1. The maximum absolute atomic E-state index is 10.1. The predicted octanol–water partition coefficient (Wildman–Crippen LogP) is 3.56. The van der Waals surface area contributed by atoms with Crippen molar-refractivity contribution in [2.75, 3.05) is 19.7 Å². The molecule has 1 aliphatic rings. The first-order valence-corrected chi connectivity index (χ1v) is 7.46. The number of rotatable bonds is 5. The first-order chi connectivity index (χ1) is 9.29. The smallest absolute Gasteiger partial charge is 0.123 e. The van der Waals surface area contributed by atoms with Crippen molar-refractivity contribution in [3.05, 3.63) is 23.8 Å². The molecule has 1 aliphatic heterocycles. The summed E-state index contributed by atoms with van der Waals surface area (Å²) in [7, 11) is 0. The maximum Gasteiger partial charge on any atom is 0.123 e. The summed E-state index contributed by atoms with van der Waals surface area (Å²) in [6.07, 6.45) is 6.21. The Kier molecular flexibility index (Phi) is 5.52. The van der Waals surface area contributed by atoms with Crippen molar-refractivity contribution in [3.8, 4) is 11.5 Å². The van der Waals surface area contributed by atoms with E-state index in [4.69, 9.17) is 4.74 Å². The highest BCUT2D eigenvalue weighted by molar-refractivity contribution is 5.39. The highest BCUT2D eigenvalue weighted by Gasteiger charge is 2.12. The molecule has 0 aromatic heterocycles. The molecule has 0 radical (unpaired) electrons. The van der Waals surface area contributed by atoms with Crippen molar-refractivity contribution in [3.63, 3.8) is 0 Å². The minimum absolute atomic E-state index is 0.359. The van der Waals surface area contributed by atoms with Gasteiger partial charge in [-0.25, -0.2) is 0 Å². The lowest BCUT2D eigenvalue weighted by Gasteiger charge is -2.20. The van der Waals surface area contributed by atoms with Gasteiger partial charge in [0.05, 0.1) is 6.61 Å². The molecule has 0 amide bonds. The van der Waals surface area contributed by atoms with Crippen LogP contribution < -0.4 is 4.74 Å². The fourth-order valence-corrected chi connectivity index (χ4v) is 2.52. The van der Waals surface area contributed by atoms with Gasteiger partial charge in [0.15, 0.2) is 0 Å². The second kappa shape index (κ2) is 7.39. The number of hydrogen-bond acceptors (Lipinski definition) is 3. The van der Waals surface area contributed by atoms with E-state index in [9.17, 15) is 5.11 Å². The Morgan fingerprint density at radius 2 is 1.89 bits per heavy atom. The molecular formula is C16H25NO2. The summed E-state index contributed by atoms with van der Waals surface area (Å²) in [6.45, 7) is 5.92. The predicted molar refractivity (Wildman–Crippen MR) is 77.6 cm³/mol. The Hall–Kier alpha value is -1.22. The van der Waals surface area contributed by atoms with Crippen molar-refractivity contribution in [1.82, 2.24) is 4.90 Å². The number of likely N-dealkylation sites (tertiary alicyclic amines) is 1. The van der Waals surface area contributed by atoms with Crippen LogP contribution in [0.3, 0.4) is 0 Å². The molecule has 3 heteroatoms. The number of benzene rings is 1. The molecule has 1 saturated heterocycles. The third kappa shape index (κ3) is 4.43. The van der Waals surface area contributed by atoms with Gasteiger partial charge in [-0.15, -0.1) is 0 Å². The van der Waals surface area contributed by atoms with Crippen LogP contribution in [0.25, 0.3) is 0 Å². The molecule has 3 nitrogen and oxygen atoms in total. The summed E-state index contributed by atoms with van der Waals surface area (Å²) in [5.41, 5.74) is 1.01. The number of nitrogens with zero attached hydrogens (tertiary/aromatic N) is 1. The molecule has 0 atom stereocenters. The van der Waals surface area contributed by atoms with Crippen LogP contribution >= 0.6 is 0 Å². The molecular weight excluding hydrogens is 238 g/mol. The fraction of sp³-hybridized carbons (Fsp3) is 0.625. The van der Waals surface area contributed by atoms with E-state index in [-0.39, 0.29) is 0 Å². The molecule has 106 valence electrons. The van der Waals surface area contributed by atoms with Crippen molar-refractivity contribution >= 4 is 0 Å². The van der Waals surface area contributed by atoms with Gasteiger partial charge in [-0.3, -0.25) is 4.90 Å². The average molecular weight is 263 g/mol. The standard InChI is InChI=1S/C16H25NO2/c1-2-11-19-15-8-7-14(16(18)12-15)13-17-9-5-3-4-6-10-17/h7-8,12,18H,2-6,9-11,13H2,1H3. The first kappa shape index (κ1) is 14.2. The Morgan fingerprint density at radius 3 is 2.53 bits per heavy atom. The summed E-state index contributed by atoms with van der Waals surface area (Å²) < 4.78 is 5.53. The van der Waals surface area contributed by atoms with E-state index in [1.165, 1.54) is 25.7 Å². The maximum atomic E-state index is 10.1. The molecule has 0 spiro atoms. The van der Waals surface area contributed by atoms with Crippen LogP contribution in [0.2, 0.25) is 0 Å². The Balaban J connectivity index is 1.95.